The standard InChI is InChI=1S/C54H76N10O10/c1-31(55-9)45(67)61-43(53(3,4)5)51(73)63-27-37(25-41(63)49(71)59-39(29-65)33-18-13-11-14-19-33)57-47(69)35-22-17-23-36(24-35)48(70)58-38-26-42(50(72)60-40(30-66)34-20-15-12-16-21-34)64(28-38)52(74)44(54(6,7)8)62-46(68)32(2)56-10/h11-24,31-32,37-44,55-56,65-66H,25-30H2,1-10H3,(H,57,69)(H,58,70)(H,59,71)(H,60,72)(H,61,67)(H,62,68)/t31-,32-,37-,38-,39+,40+,41-,42-,43+,44+/m0/s1. The van der Waals surface area contributed by atoms with Crippen LogP contribution in [0.4, 0.5) is 0 Å². The van der Waals surface area contributed by atoms with Crippen LogP contribution >= 0.6 is 0 Å². The smallest absolute Gasteiger partial charge is 0.251 e. The lowest BCUT2D eigenvalue weighted by Crippen LogP contribution is -2.59. The fraction of sp³-hybridized carbons (Fsp3) is 0.519. The van der Waals surface area contributed by atoms with E-state index in [2.05, 4.69) is 42.5 Å². The second-order valence-electron chi connectivity index (χ2n) is 21.4. The monoisotopic (exact) mass is 1020 g/mol. The third-order valence-corrected chi connectivity index (χ3v) is 13.7. The highest BCUT2D eigenvalue weighted by atomic mass is 16.3. The summed E-state index contributed by atoms with van der Waals surface area (Å²) >= 11 is 0. The summed E-state index contributed by atoms with van der Waals surface area (Å²) in [6.45, 7) is 13.0. The molecule has 2 heterocycles. The second kappa shape index (κ2) is 25.5. The summed E-state index contributed by atoms with van der Waals surface area (Å²) in [5, 5.41) is 43.6. The van der Waals surface area contributed by atoms with Crippen LogP contribution in [0.2, 0.25) is 0 Å². The topological polar surface area (TPSA) is 280 Å². The molecule has 402 valence electrons. The van der Waals surface area contributed by atoms with E-state index in [0.717, 1.165) is 0 Å². The molecule has 3 aromatic carbocycles. The largest absolute Gasteiger partial charge is 0.394 e. The Morgan fingerprint density at radius 1 is 0.541 bits per heavy atom. The van der Waals surface area contributed by atoms with Gasteiger partial charge in [0.15, 0.2) is 0 Å². The third-order valence-electron chi connectivity index (χ3n) is 13.7. The normalized spacial score (nSPS) is 20.2. The number of aliphatic hydroxyl groups is 2. The number of carbonyl (C=O) groups is 8. The van der Waals surface area contributed by atoms with Crippen LogP contribution in [-0.4, -0.2) is 156 Å². The lowest BCUT2D eigenvalue weighted by Gasteiger charge is -2.36. The maximum absolute atomic E-state index is 14.6. The first-order valence-electron chi connectivity index (χ1n) is 25.1. The van der Waals surface area contributed by atoms with E-state index in [0.29, 0.717) is 11.1 Å². The number of nitrogens with zero attached hydrogens (tertiary/aromatic N) is 2. The molecule has 10 N–H and O–H groups in total. The molecule has 0 radical (unpaired) electrons. The first-order valence-corrected chi connectivity index (χ1v) is 25.1. The van der Waals surface area contributed by atoms with Crippen LogP contribution in [0.3, 0.4) is 0 Å². The van der Waals surface area contributed by atoms with Crippen molar-refractivity contribution >= 4 is 47.3 Å². The van der Waals surface area contributed by atoms with Gasteiger partial charge in [-0.3, -0.25) is 38.4 Å². The number of amides is 8. The Hall–Kier alpha value is -6.74. The second-order valence-corrected chi connectivity index (χ2v) is 21.4. The van der Waals surface area contributed by atoms with E-state index in [-0.39, 0.29) is 37.1 Å². The Morgan fingerprint density at radius 3 is 1.20 bits per heavy atom. The highest BCUT2D eigenvalue weighted by molar-refractivity contribution is 6.01. The molecule has 2 aliphatic rings. The molecule has 0 spiro atoms. The molecule has 0 bridgehead atoms. The Morgan fingerprint density at radius 2 is 0.892 bits per heavy atom. The van der Waals surface area contributed by atoms with Crippen LogP contribution in [0.15, 0.2) is 84.9 Å². The van der Waals surface area contributed by atoms with Crippen molar-refractivity contribution in [1.82, 2.24) is 52.3 Å². The first kappa shape index (κ1) is 58.2. The van der Waals surface area contributed by atoms with Gasteiger partial charge in [-0.1, -0.05) is 108 Å². The van der Waals surface area contributed by atoms with E-state index in [1.807, 2.05) is 0 Å². The Kier molecular flexibility index (Phi) is 20.0. The molecule has 10 atom stereocenters. The van der Waals surface area contributed by atoms with Gasteiger partial charge in [0.2, 0.25) is 35.4 Å². The van der Waals surface area contributed by atoms with E-state index in [9.17, 15) is 48.6 Å². The molecule has 2 fully saturated rings. The van der Waals surface area contributed by atoms with Crippen molar-refractivity contribution in [2.75, 3.05) is 40.4 Å². The molecular formula is C54H76N10O10. The number of hydrogen-bond acceptors (Lipinski definition) is 12. The number of carbonyl (C=O) groups excluding carboxylic acids is 8. The van der Waals surface area contributed by atoms with E-state index >= 15 is 0 Å². The van der Waals surface area contributed by atoms with Crippen molar-refractivity contribution in [3.05, 3.63) is 107 Å². The Balaban J connectivity index is 1.37. The van der Waals surface area contributed by atoms with Gasteiger partial charge in [-0.25, -0.2) is 0 Å². The fourth-order valence-corrected chi connectivity index (χ4v) is 9.01. The SMILES string of the molecule is CN[C@@H](C)C(=O)N[C@H](C(=O)N1C[C@@H](NC(=O)c2cccc(C(=O)N[C@H]3C[C@@H](C(=O)N[C@H](CO)c4ccccc4)N(C(=O)[C@@H](NC(=O)[C@H](C)NC)C(C)(C)C)C3)c2)C[C@H]1C(=O)N[C@H](CO)c1ccccc1)C(C)(C)C. The van der Waals surface area contributed by atoms with Gasteiger partial charge in [-0.2, -0.15) is 0 Å². The van der Waals surface area contributed by atoms with Crippen LogP contribution in [0, 0.1) is 10.8 Å². The predicted octanol–water partition coefficient (Wildman–Crippen LogP) is 1.06. The fourth-order valence-electron chi connectivity index (χ4n) is 9.01. The molecule has 8 amide bonds. The lowest BCUT2D eigenvalue weighted by molar-refractivity contribution is -0.144. The van der Waals surface area contributed by atoms with Gasteiger partial charge in [0.05, 0.1) is 37.4 Å². The molecule has 0 aromatic heterocycles. The van der Waals surface area contributed by atoms with Gasteiger partial charge < -0.3 is 62.5 Å². The number of benzene rings is 3. The highest BCUT2D eigenvalue weighted by Crippen LogP contribution is 2.29. The maximum atomic E-state index is 14.6. The molecule has 2 saturated heterocycles. The quantitative estimate of drug-likeness (QED) is 0.0762. The number of hydrogen-bond donors (Lipinski definition) is 10. The predicted molar refractivity (Wildman–Crippen MR) is 278 cm³/mol. The van der Waals surface area contributed by atoms with Crippen molar-refractivity contribution in [3.8, 4) is 0 Å². The van der Waals surface area contributed by atoms with Crippen molar-refractivity contribution < 1.29 is 48.6 Å². The summed E-state index contributed by atoms with van der Waals surface area (Å²) in [5.41, 5.74) is -0.146. The third kappa shape index (κ3) is 14.7. The van der Waals surface area contributed by atoms with E-state index in [4.69, 9.17) is 0 Å². The van der Waals surface area contributed by atoms with Crippen LogP contribution in [0.25, 0.3) is 0 Å². The number of aliphatic hydroxyl groups excluding tert-OH is 2. The average Bonchev–Trinajstić information content (AvgIpc) is 4.01. The maximum Gasteiger partial charge on any atom is 0.251 e. The van der Waals surface area contributed by atoms with Gasteiger partial charge in [0, 0.05) is 36.3 Å². The highest BCUT2D eigenvalue weighted by Gasteiger charge is 2.48. The Bertz CT molecular complexity index is 2300. The molecule has 20 nitrogen and oxygen atoms in total. The molecule has 3 aromatic rings. The molecule has 5 rings (SSSR count). The minimum atomic E-state index is -1.12. The van der Waals surface area contributed by atoms with Crippen molar-refractivity contribution in [2.45, 2.75) is 129 Å². The first-order chi connectivity index (χ1) is 34.9. The van der Waals surface area contributed by atoms with Gasteiger partial charge >= 0.3 is 0 Å². The summed E-state index contributed by atoms with van der Waals surface area (Å²) in [6, 6.07) is 14.9. The molecule has 74 heavy (non-hydrogen) atoms. The van der Waals surface area contributed by atoms with Crippen LogP contribution in [0.5, 0.6) is 0 Å². The van der Waals surface area contributed by atoms with Gasteiger partial charge in [-0.05, 0) is 80.9 Å². The van der Waals surface area contributed by atoms with Crippen molar-refractivity contribution in [2.24, 2.45) is 10.8 Å². The van der Waals surface area contributed by atoms with Gasteiger partial charge in [0.25, 0.3) is 11.8 Å². The van der Waals surface area contributed by atoms with E-state index in [1.165, 1.54) is 34.1 Å². The molecule has 20 heteroatoms. The zero-order chi connectivity index (χ0) is 54.7. The number of likely N-dealkylation sites (tertiary alicyclic amines) is 2. The lowest BCUT2D eigenvalue weighted by atomic mass is 9.85. The number of likely N-dealkylation sites (N-methyl/N-ethyl adjacent to an activating group) is 2. The minimum Gasteiger partial charge on any atom is -0.394 e. The molecule has 2 aliphatic heterocycles. The molecule has 0 unspecified atom stereocenters. The molecule has 0 aliphatic carbocycles. The Labute approximate surface area is 433 Å². The van der Waals surface area contributed by atoms with Crippen molar-refractivity contribution in [1.29, 1.82) is 0 Å². The summed E-state index contributed by atoms with van der Waals surface area (Å²) in [5.74, 6) is -4.27. The van der Waals surface area contributed by atoms with Gasteiger partial charge in [0.1, 0.15) is 24.2 Å². The summed E-state index contributed by atoms with van der Waals surface area (Å²) in [6.07, 6.45) is -0.0308. The molecule has 0 saturated carbocycles. The summed E-state index contributed by atoms with van der Waals surface area (Å²) in [7, 11) is 3.23. The van der Waals surface area contributed by atoms with Gasteiger partial charge in [-0.15, -0.1) is 0 Å². The zero-order valence-electron chi connectivity index (χ0n) is 44.2. The molecular weight excluding hydrogens is 949 g/mol. The van der Waals surface area contributed by atoms with E-state index < -0.39 is 132 Å². The average molecular weight is 1030 g/mol. The minimum absolute atomic E-state index is 0.0154. The van der Waals surface area contributed by atoms with Crippen LogP contribution in [-0.2, 0) is 28.8 Å². The number of nitrogens with one attached hydrogen (secondary N) is 8. The summed E-state index contributed by atoms with van der Waals surface area (Å²) < 4.78 is 0. The summed E-state index contributed by atoms with van der Waals surface area (Å²) in [4.78, 5) is 115. The van der Waals surface area contributed by atoms with Crippen molar-refractivity contribution in [3.63, 3.8) is 0 Å². The number of rotatable bonds is 20. The zero-order valence-corrected chi connectivity index (χ0v) is 44.2. The van der Waals surface area contributed by atoms with E-state index in [1.54, 1.807) is 130 Å². The van der Waals surface area contributed by atoms with Crippen LogP contribution < -0.4 is 42.5 Å². The van der Waals surface area contributed by atoms with Crippen LogP contribution in [0.1, 0.15) is 112 Å².